The Kier molecular flexibility index (Phi) is 6.30. The number of nitrogens with one attached hydrogen (secondary N) is 1. The highest BCUT2D eigenvalue weighted by molar-refractivity contribution is 5.79. The van der Waals surface area contributed by atoms with Gasteiger partial charge in [-0.1, -0.05) is 0 Å². The quantitative estimate of drug-likeness (QED) is 0.710. The van der Waals surface area contributed by atoms with Gasteiger partial charge in [-0.2, -0.15) is 18.3 Å². The molecule has 3 fully saturated rings. The lowest BCUT2D eigenvalue weighted by Crippen LogP contribution is -2.62. The number of aromatic nitrogens is 2. The number of ether oxygens (including phenoxy) is 2. The third kappa shape index (κ3) is 5.07. The maximum Gasteiger partial charge on any atom is 0.418 e. The summed E-state index contributed by atoms with van der Waals surface area (Å²) < 4.78 is 53.1. The van der Waals surface area contributed by atoms with Crippen LogP contribution in [0.15, 0.2) is 36.7 Å². The molecule has 0 saturated carbocycles. The third-order valence-corrected chi connectivity index (χ3v) is 6.64. The lowest BCUT2D eigenvalue weighted by Gasteiger charge is -2.43. The van der Waals surface area contributed by atoms with E-state index in [2.05, 4.69) is 10.4 Å². The Balaban J connectivity index is 1.19. The molecule has 0 bridgehead atoms. The molecule has 35 heavy (non-hydrogen) atoms. The van der Waals surface area contributed by atoms with E-state index in [1.165, 1.54) is 29.2 Å². The average molecular weight is 493 g/mol. The Morgan fingerprint density at radius 2 is 1.91 bits per heavy atom. The first-order valence-electron chi connectivity index (χ1n) is 11.6. The van der Waals surface area contributed by atoms with Crippen LogP contribution in [0, 0.1) is 0 Å². The Morgan fingerprint density at radius 3 is 2.63 bits per heavy atom. The second kappa shape index (κ2) is 9.40. The summed E-state index contributed by atoms with van der Waals surface area (Å²) in [7, 11) is 0. The van der Waals surface area contributed by atoms with Crippen LogP contribution in [0.2, 0.25) is 0 Å². The predicted octanol–water partition coefficient (Wildman–Crippen LogP) is 2.44. The van der Waals surface area contributed by atoms with Gasteiger partial charge in [0.05, 0.1) is 23.4 Å². The van der Waals surface area contributed by atoms with Gasteiger partial charge in [-0.15, -0.1) is 0 Å². The number of piperidine rings is 2. The lowest BCUT2D eigenvalue weighted by atomic mass is 10.0. The Labute approximate surface area is 199 Å². The molecule has 0 aliphatic carbocycles. The topological polar surface area (TPSA) is 88.9 Å². The molecule has 3 saturated heterocycles. The van der Waals surface area contributed by atoms with Crippen LogP contribution in [0.5, 0.6) is 5.75 Å². The zero-order valence-corrected chi connectivity index (χ0v) is 18.9. The molecule has 1 aromatic heterocycles. The normalized spacial score (nSPS) is 23.6. The lowest BCUT2D eigenvalue weighted by molar-refractivity contribution is -0.140. The number of fused-ring (bicyclic) bond motifs is 1. The molecular formula is C23H26F3N5O4. The maximum absolute atomic E-state index is 13.5. The molecule has 9 nitrogen and oxygen atoms in total. The number of morpholine rings is 1. The summed E-state index contributed by atoms with van der Waals surface area (Å²) in [6, 6.07) is 4.94. The molecule has 2 atom stereocenters. The number of benzene rings is 1. The highest BCUT2D eigenvalue weighted by atomic mass is 19.4. The molecule has 1 aromatic carbocycles. The summed E-state index contributed by atoms with van der Waals surface area (Å²) in [5.41, 5.74) is -0.896. The van der Waals surface area contributed by atoms with Crippen molar-refractivity contribution in [2.75, 3.05) is 32.8 Å². The average Bonchev–Trinajstić information content (AvgIpc) is 3.38. The minimum Gasteiger partial charge on any atom is -0.490 e. The molecule has 2 aromatic rings. The number of amides is 3. The summed E-state index contributed by atoms with van der Waals surface area (Å²) in [6.07, 6.45) is -0.156. The smallest absolute Gasteiger partial charge is 0.418 e. The van der Waals surface area contributed by atoms with Crippen LogP contribution in [0.3, 0.4) is 0 Å². The van der Waals surface area contributed by atoms with Crippen molar-refractivity contribution in [2.45, 2.75) is 43.7 Å². The number of urea groups is 1. The van der Waals surface area contributed by atoms with Gasteiger partial charge >= 0.3 is 12.2 Å². The second-order valence-corrected chi connectivity index (χ2v) is 8.97. The number of carbonyl (C=O) groups excluding carboxylic acids is 2. The fraction of sp³-hybridized carbons (Fsp3) is 0.522. The molecule has 5 rings (SSSR count). The highest BCUT2D eigenvalue weighted by Gasteiger charge is 2.38. The molecule has 1 N–H and O–H groups in total. The molecule has 0 radical (unpaired) electrons. The minimum absolute atomic E-state index is 0.0605. The number of halogens is 3. The molecular weight excluding hydrogens is 467 g/mol. The van der Waals surface area contributed by atoms with Gasteiger partial charge in [-0.05, 0) is 24.6 Å². The van der Waals surface area contributed by atoms with Crippen LogP contribution in [-0.4, -0.2) is 82.6 Å². The number of hydrogen-bond donors (Lipinski definition) is 1. The van der Waals surface area contributed by atoms with E-state index in [4.69, 9.17) is 9.47 Å². The SMILES string of the molecule is O=C1CO[C@H]2CCN(C(=O)N3CCC(Oc4ccc(C(F)(F)F)c(-n5cccn5)c4)CC3)C[C@H]2N1. The van der Waals surface area contributed by atoms with Crippen LogP contribution in [0.1, 0.15) is 24.8 Å². The van der Waals surface area contributed by atoms with E-state index >= 15 is 0 Å². The van der Waals surface area contributed by atoms with Gasteiger partial charge in [-0.25, -0.2) is 9.48 Å². The number of alkyl halides is 3. The highest BCUT2D eigenvalue weighted by Crippen LogP contribution is 2.36. The van der Waals surface area contributed by atoms with Crippen molar-refractivity contribution in [2.24, 2.45) is 0 Å². The Bertz CT molecular complexity index is 1070. The van der Waals surface area contributed by atoms with E-state index in [-0.39, 0.29) is 42.5 Å². The molecule has 0 unspecified atom stereocenters. The van der Waals surface area contributed by atoms with Crippen molar-refractivity contribution in [1.29, 1.82) is 0 Å². The van der Waals surface area contributed by atoms with E-state index in [0.29, 0.717) is 51.2 Å². The molecule has 12 heteroatoms. The number of carbonyl (C=O) groups is 2. The molecule has 3 amide bonds. The van der Waals surface area contributed by atoms with Gasteiger partial charge in [0.2, 0.25) is 5.91 Å². The van der Waals surface area contributed by atoms with E-state index < -0.39 is 11.7 Å². The van der Waals surface area contributed by atoms with Crippen molar-refractivity contribution in [3.8, 4) is 11.4 Å². The van der Waals surface area contributed by atoms with Gasteiger partial charge in [0.15, 0.2) is 0 Å². The van der Waals surface area contributed by atoms with Crippen LogP contribution < -0.4 is 10.1 Å². The first kappa shape index (κ1) is 23.5. The van der Waals surface area contributed by atoms with E-state index in [1.807, 2.05) is 0 Å². The fourth-order valence-electron chi connectivity index (χ4n) is 4.86. The van der Waals surface area contributed by atoms with Crippen LogP contribution in [0.25, 0.3) is 5.69 Å². The third-order valence-electron chi connectivity index (χ3n) is 6.64. The minimum atomic E-state index is -4.52. The summed E-state index contributed by atoms with van der Waals surface area (Å²) in [4.78, 5) is 28.1. The number of rotatable bonds is 3. The van der Waals surface area contributed by atoms with Gasteiger partial charge in [0.25, 0.3) is 0 Å². The molecule has 4 heterocycles. The first-order chi connectivity index (χ1) is 16.8. The van der Waals surface area contributed by atoms with Crippen molar-refractivity contribution >= 4 is 11.9 Å². The Morgan fingerprint density at radius 1 is 1.14 bits per heavy atom. The van der Waals surface area contributed by atoms with Gasteiger partial charge < -0.3 is 24.6 Å². The van der Waals surface area contributed by atoms with Gasteiger partial charge in [0, 0.05) is 57.5 Å². The van der Waals surface area contributed by atoms with Gasteiger partial charge in [0.1, 0.15) is 18.5 Å². The maximum atomic E-state index is 13.5. The largest absolute Gasteiger partial charge is 0.490 e. The number of hydrogen-bond acceptors (Lipinski definition) is 5. The zero-order valence-electron chi connectivity index (χ0n) is 18.9. The predicted molar refractivity (Wildman–Crippen MR) is 117 cm³/mol. The molecule has 3 aliphatic heterocycles. The van der Waals surface area contributed by atoms with Gasteiger partial charge in [-0.3, -0.25) is 4.79 Å². The van der Waals surface area contributed by atoms with Crippen molar-refractivity contribution in [3.63, 3.8) is 0 Å². The standard InChI is InChI=1S/C23H26F3N5O4/c24-23(25,26)17-3-2-16(12-19(17)31-8-1-7-27-31)35-15-4-9-29(10-5-15)22(33)30-11-6-20-18(13-30)28-21(32)14-34-20/h1-3,7-8,12,15,18,20H,4-6,9-11,13-14H2,(H,28,32)/t18-,20+/m1/s1. The summed E-state index contributed by atoms with van der Waals surface area (Å²) in [5, 5.41) is 6.83. The molecule has 0 spiro atoms. The van der Waals surface area contributed by atoms with E-state index in [0.717, 1.165) is 6.07 Å². The number of nitrogens with zero attached hydrogens (tertiary/aromatic N) is 4. The van der Waals surface area contributed by atoms with E-state index in [9.17, 15) is 22.8 Å². The number of likely N-dealkylation sites (tertiary alicyclic amines) is 2. The fourth-order valence-corrected chi connectivity index (χ4v) is 4.86. The summed E-state index contributed by atoms with van der Waals surface area (Å²) >= 11 is 0. The van der Waals surface area contributed by atoms with Crippen LogP contribution in [0.4, 0.5) is 18.0 Å². The molecule has 188 valence electrons. The second-order valence-electron chi connectivity index (χ2n) is 8.97. The van der Waals surface area contributed by atoms with Crippen molar-refractivity contribution in [3.05, 3.63) is 42.2 Å². The molecule has 3 aliphatic rings. The van der Waals surface area contributed by atoms with Crippen molar-refractivity contribution < 1.29 is 32.2 Å². The van der Waals surface area contributed by atoms with E-state index in [1.54, 1.807) is 15.9 Å². The zero-order chi connectivity index (χ0) is 24.6. The van der Waals surface area contributed by atoms with Crippen LogP contribution >= 0.6 is 0 Å². The monoisotopic (exact) mass is 493 g/mol. The van der Waals surface area contributed by atoms with Crippen molar-refractivity contribution in [1.82, 2.24) is 24.9 Å². The Hall–Kier alpha value is -3.28. The van der Waals surface area contributed by atoms with Crippen LogP contribution in [-0.2, 0) is 15.7 Å². The summed E-state index contributed by atoms with van der Waals surface area (Å²) in [6.45, 7) is 1.99. The first-order valence-corrected chi connectivity index (χ1v) is 11.6. The summed E-state index contributed by atoms with van der Waals surface area (Å²) in [5.74, 6) is 0.154.